The standard InChI is InChI=1S/C32H31ClF4N6O3S/c1-14(44)26-15(2)46-27-22-25(24(37)21(23(27)33)16-5-6-18(34)28-20(16)17(11-38)29(39)47-28)40-31(41-30(22)43(26)12-19(35)36)45-13-32-7-3-9-42(32)10-4-8-32/h5-6,14-15,19,26,44H,3-4,7-10,12-13,39H2,1-2H3. The molecule has 15 heteroatoms. The van der Waals surface area contributed by atoms with Crippen molar-refractivity contribution in [2.24, 2.45) is 0 Å². The lowest BCUT2D eigenvalue weighted by Gasteiger charge is -2.36. The van der Waals surface area contributed by atoms with Crippen molar-refractivity contribution in [3.63, 3.8) is 0 Å². The van der Waals surface area contributed by atoms with Gasteiger partial charge in [-0.1, -0.05) is 17.7 Å². The number of benzene rings is 2. The van der Waals surface area contributed by atoms with Crippen LogP contribution in [0.3, 0.4) is 0 Å². The van der Waals surface area contributed by atoms with Gasteiger partial charge in [-0.3, -0.25) is 4.90 Å². The lowest BCUT2D eigenvalue weighted by atomic mass is 9.95. The summed E-state index contributed by atoms with van der Waals surface area (Å²) in [5, 5.41) is 20.5. The maximum atomic E-state index is 17.1. The molecule has 0 saturated carbocycles. The van der Waals surface area contributed by atoms with Gasteiger partial charge in [0.15, 0.2) is 11.6 Å². The van der Waals surface area contributed by atoms with Crippen molar-refractivity contribution in [1.82, 2.24) is 14.9 Å². The van der Waals surface area contributed by atoms with Crippen molar-refractivity contribution < 1.29 is 32.1 Å². The second-order valence-electron chi connectivity index (χ2n) is 12.4. The van der Waals surface area contributed by atoms with Crippen molar-refractivity contribution in [2.75, 3.05) is 36.9 Å². The number of thiophene rings is 1. The van der Waals surface area contributed by atoms with Gasteiger partial charge in [0.05, 0.1) is 44.9 Å². The van der Waals surface area contributed by atoms with Crippen LogP contribution in [0.15, 0.2) is 12.1 Å². The largest absolute Gasteiger partial charge is 0.486 e. The molecule has 2 saturated heterocycles. The molecule has 3 aliphatic heterocycles. The van der Waals surface area contributed by atoms with E-state index in [4.69, 9.17) is 26.8 Å². The fraction of sp³-hybridized carbons (Fsp3) is 0.469. The Morgan fingerprint density at radius 3 is 2.62 bits per heavy atom. The Morgan fingerprint density at radius 2 is 1.96 bits per heavy atom. The minimum absolute atomic E-state index is 0.0360. The van der Waals surface area contributed by atoms with Gasteiger partial charge in [-0.25, -0.2) is 17.6 Å². The number of aliphatic hydroxyl groups excluding tert-OH is 1. The van der Waals surface area contributed by atoms with E-state index in [1.807, 2.05) is 6.07 Å². The fourth-order valence-electron chi connectivity index (χ4n) is 7.68. The number of nitriles is 1. The fourth-order valence-corrected chi connectivity index (χ4v) is 8.96. The number of halogens is 5. The highest BCUT2D eigenvalue weighted by Gasteiger charge is 2.45. The number of nitrogen functional groups attached to an aromatic ring is 1. The lowest BCUT2D eigenvalue weighted by molar-refractivity contribution is 0.0757. The molecule has 0 radical (unpaired) electrons. The predicted molar refractivity (Wildman–Crippen MR) is 172 cm³/mol. The van der Waals surface area contributed by atoms with E-state index < -0.39 is 42.9 Å². The number of aliphatic hydroxyl groups is 1. The van der Waals surface area contributed by atoms with Crippen LogP contribution >= 0.6 is 22.9 Å². The summed E-state index contributed by atoms with van der Waals surface area (Å²) in [6, 6.07) is 3.10. The molecule has 47 heavy (non-hydrogen) atoms. The molecule has 248 valence electrons. The minimum atomic E-state index is -2.86. The zero-order valence-electron chi connectivity index (χ0n) is 25.5. The number of ether oxygens (including phenoxy) is 2. The number of aromatic nitrogens is 2. The first-order valence-corrected chi connectivity index (χ1v) is 16.6. The van der Waals surface area contributed by atoms with Crippen LogP contribution in [0.4, 0.5) is 28.4 Å². The van der Waals surface area contributed by atoms with Crippen LogP contribution < -0.4 is 20.1 Å². The number of rotatable bonds is 7. The summed E-state index contributed by atoms with van der Waals surface area (Å²) in [4.78, 5) is 12.6. The van der Waals surface area contributed by atoms with E-state index in [9.17, 15) is 23.5 Å². The molecule has 0 spiro atoms. The quantitative estimate of drug-likeness (QED) is 0.209. The highest BCUT2D eigenvalue weighted by molar-refractivity contribution is 7.23. The maximum Gasteiger partial charge on any atom is 0.319 e. The van der Waals surface area contributed by atoms with Gasteiger partial charge in [0, 0.05) is 10.9 Å². The molecule has 3 atom stereocenters. The summed E-state index contributed by atoms with van der Waals surface area (Å²) < 4.78 is 72.9. The van der Waals surface area contributed by atoms with E-state index >= 15 is 4.39 Å². The van der Waals surface area contributed by atoms with Crippen LogP contribution in [0, 0.1) is 23.0 Å². The Balaban J connectivity index is 1.51. The van der Waals surface area contributed by atoms with E-state index in [0.717, 1.165) is 56.2 Å². The third kappa shape index (κ3) is 5.01. The molecule has 3 aliphatic rings. The average molecular weight is 691 g/mol. The van der Waals surface area contributed by atoms with Crippen LogP contribution in [0.1, 0.15) is 45.1 Å². The second-order valence-corrected chi connectivity index (χ2v) is 13.9. The second kappa shape index (κ2) is 11.8. The Labute approximate surface area is 276 Å². The predicted octanol–water partition coefficient (Wildman–Crippen LogP) is 6.51. The highest BCUT2D eigenvalue weighted by atomic mass is 35.5. The van der Waals surface area contributed by atoms with E-state index in [1.165, 1.54) is 17.9 Å². The molecule has 2 aromatic heterocycles. The summed E-state index contributed by atoms with van der Waals surface area (Å²) in [7, 11) is 0. The van der Waals surface area contributed by atoms with E-state index in [-0.39, 0.29) is 77.4 Å². The normalized spacial score (nSPS) is 21.2. The third-order valence-electron chi connectivity index (χ3n) is 9.67. The molecule has 0 aliphatic carbocycles. The zero-order valence-corrected chi connectivity index (χ0v) is 27.1. The molecule has 2 fully saturated rings. The molecule has 3 unspecified atom stereocenters. The van der Waals surface area contributed by atoms with Crippen molar-refractivity contribution in [3.8, 4) is 29.0 Å². The van der Waals surface area contributed by atoms with Crippen LogP contribution in [0.2, 0.25) is 5.02 Å². The molecule has 4 aromatic rings. The summed E-state index contributed by atoms with van der Waals surface area (Å²) in [6.45, 7) is 4.25. The summed E-state index contributed by atoms with van der Waals surface area (Å²) >= 11 is 7.80. The summed E-state index contributed by atoms with van der Waals surface area (Å²) in [5.41, 5.74) is 5.28. The monoisotopic (exact) mass is 690 g/mol. The van der Waals surface area contributed by atoms with Gasteiger partial charge in [0.25, 0.3) is 6.43 Å². The van der Waals surface area contributed by atoms with Gasteiger partial charge >= 0.3 is 6.01 Å². The van der Waals surface area contributed by atoms with Crippen LogP contribution in [0.5, 0.6) is 11.8 Å². The van der Waals surface area contributed by atoms with Gasteiger partial charge in [0.2, 0.25) is 0 Å². The number of alkyl halides is 2. The molecular formula is C32H31ClF4N6O3S. The molecule has 0 amide bonds. The van der Waals surface area contributed by atoms with Crippen molar-refractivity contribution in [3.05, 3.63) is 34.4 Å². The number of fused-ring (bicyclic) bond motifs is 2. The number of anilines is 2. The van der Waals surface area contributed by atoms with Gasteiger partial charge in [0.1, 0.15) is 40.9 Å². The lowest BCUT2D eigenvalue weighted by Crippen LogP contribution is -2.52. The Hall–Kier alpha value is -3.64. The number of hydrogen-bond acceptors (Lipinski definition) is 10. The minimum Gasteiger partial charge on any atom is -0.486 e. The van der Waals surface area contributed by atoms with E-state index in [1.54, 1.807) is 6.92 Å². The molecule has 2 aromatic carbocycles. The molecule has 7 rings (SSSR count). The van der Waals surface area contributed by atoms with E-state index in [2.05, 4.69) is 14.9 Å². The molecule has 0 bridgehead atoms. The SMILES string of the molecule is CC(O)C1C(C)Oc2c(Cl)c(-c3ccc(F)c4sc(N)c(C#N)c34)c(F)c3nc(OCC45CCCN4CCC5)nc(c23)N1CC(F)F. The van der Waals surface area contributed by atoms with Crippen LogP contribution in [-0.2, 0) is 0 Å². The van der Waals surface area contributed by atoms with Crippen LogP contribution in [-0.4, -0.2) is 76.4 Å². The average Bonchev–Trinajstić information content (AvgIpc) is 3.68. The van der Waals surface area contributed by atoms with Gasteiger partial charge in [-0.2, -0.15) is 15.2 Å². The van der Waals surface area contributed by atoms with Gasteiger partial charge in [-0.05, 0) is 64.3 Å². The van der Waals surface area contributed by atoms with Crippen molar-refractivity contribution in [1.29, 1.82) is 5.26 Å². The molecule has 9 nitrogen and oxygen atoms in total. The Kier molecular flexibility index (Phi) is 8.02. The molecule has 3 N–H and O–H groups in total. The topological polar surface area (TPSA) is 121 Å². The smallest absolute Gasteiger partial charge is 0.319 e. The Morgan fingerprint density at radius 1 is 1.23 bits per heavy atom. The summed E-state index contributed by atoms with van der Waals surface area (Å²) in [5.74, 6) is -1.87. The first-order valence-electron chi connectivity index (χ1n) is 15.4. The van der Waals surface area contributed by atoms with E-state index in [0.29, 0.717) is 0 Å². The first-order chi connectivity index (χ1) is 22.5. The zero-order chi connectivity index (χ0) is 33.4. The maximum absolute atomic E-state index is 17.1. The van der Waals surface area contributed by atoms with Crippen molar-refractivity contribution >= 4 is 54.7 Å². The number of hydrogen-bond donors (Lipinski definition) is 2. The Bertz CT molecular complexity index is 1940. The van der Waals surface area contributed by atoms with Crippen LogP contribution in [0.25, 0.3) is 32.1 Å². The van der Waals surface area contributed by atoms with Gasteiger partial charge < -0.3 is 25.2 Å². The number of nitrogens with zero attached hydrogens (tertiary/aromatic N) is 5. The summed E-state index contributed by atoms with van der Waals surface area (Å²) in [6.07, 6.45) is -1.17. The first kappa shape index (κ1) is 31.9. The number of nitrogens with two attached hydrogens (primary N) is 1. The highest BCUT2D eigenvalue weighted by Crippen LogP contribution is 2.52. The van der Waals surface area contributed by atoms with Gasteiger partial charge in [-0.15, -0.1) is 11.3 Å². The molecule has 5 heterocycles. The van der Waals surface area contributed by atoms with Crippen molar-refractivity contribution in [2.45, 2.75) is 69.7 Å². The third-order valence-corrected chi connectivity index (χ3v) is 11.1. The molecular weight excluding hydrogens is 660 g/mol.